The third-order valence-electron chi connectivity index (χ3n) is 1.07. The molecule has 0 aliphatic carbocycles. The SMILES string of the molecule is [2H]C1([2H])C=C(C(=O)OC)C([2H])([2H])NC1. The number of methoxy groups -OCH3 is 1. The Morgan fingerprint density at radius 3 is 3.50 bits per heavy atom. The molecule has 1 aliphatic rings. The van der Waals surface area contributed by atoms with Gasteiger partial charge in [-0.3, -0.25) is 0 Å². The average molecular weight is 145 g/mol. The van der Waals surface area contributed by atoms with Crippen molar-refractivity contribution < 1.29 is 15.0 Å². The van der Waals surface area contributed by atoms with Gasteiger partial charge in [0, 0.05) is 17.6 Å². The number of nitrogens with one attached hydrogen (secondary N) is 1. The number of carbonyl (C=O) groups excluding carboxylic acids is 1. The lowest BCUT2D eigenvalue weighted by Gasteiger charge is -2.11. The second-order valence-corrected chi connectivity index (χ2v) is 1.73. The molecule has 1 aliphatic heterocycles. The molecule has 0 bridgehead atoms. The summed E-state index contributed by atoms with van der Waals surface area (Å²) in [6.07, 6.45) is -0.759. The first-order chi connectivity index (χ1) is 6.28. The van der Waals surface area contributed by atoms with Crippen LogP contribution in [0.1, 0.15) is 11.9 Å². The minimum Gasteiger partial charge on any atom is -0.466 e. The summed E-state index contributed by atoms with van der Waals surface area (Å²) in [6.45, 7) is -2.20. The fraction of sp³-hybridized carbons (Fsp3) is 0.571. The standard InChI is InChI=1S/C7H11NO2/c1-10-7(9)6-3-2-4-8-5-6/h3,8H,2,4-5H2,1H3/i2D2,5D2. The molecule has 0 spiro atoms. The topological polar surface area (TPSA) is 38.3 Å². The van der Waals surface area contributed by atoms with E-state index in [1.165, 1.54) is 0 Å². The quantitative estimate of drug-likeness (QED) is 0.531. The summed E-state index contributed by atoms with van der Waals surface area (Å²) >= 11 is 0. The predicted molar refractivity (Wildman–Crippen MR) is 37.6 cm³/mol. The molecule has 1 N–H and O–H groups in total. The molecule has 56 valence electrons. The van der Waals surface area contributed by atoms with Gasteiger partial charge in [0.25, 0.3) is 0 Å². The molecule has 3 heteroatoms. The molecule has 1 heterocycles. The fourth-order valence-electron chi connectivity index (χ4n) is 0.600. The molecule has 10 heavy (non-hydrogen) atoms. The molecule has 3 nitrogen and oxygen atoms in total. The van der Waals surface area contributed by atoms with E-state index in [9.17, 15) is 4.79 Å². The van der Waals surface area contributed by atoms with Crippen LogP contribution in [0.25, 0.3) is 0 Å². The zero-order valence-corrected chi connectivity index (χ0v) is 5.60. The Bertz CT molecular complexity index is 287. The molecule has 0 aromatic heterocycles. The first-order valence-electron chi connectivity index (χ1n) is 4.85. The molecular formula is C7H11NO2. The van der Waals surface area contributed by atoms with E-state index in [4.69, 9.17) is 5.48 Å². The molecule has 0 atom stereocenters. The largest absolute Gasteiger partial charge is 0.466 e. The Morgan fingerprint density at radius 2 is 2.80 bits per heavy atom. The molecule has 0 aromatic carbocycles. The molecule has 0 fully saturated rings. The van der Waals surface area contributed by atoms with Crippen molar-refractivity contribution in [3.8, 4) is 0 Å². The zero-order valence-electron chi connectivity index (χ0n) is 9.60. The van der Waals surface area contributed by atoms with Crippen molar-refractivity contribution in [1.82, 2.24) is 5.32 Å². The van der Waals surface area contributed by atoms with Crippen LogP contribution in [0, 0.1) is 0 Å². The van der Waals surface area contributed by atoms with Gasteiger partial charge in [-0.15, -0.1) is 0 Å². The number of hydrogen-bond donors (Lipinski definition) is 1. The van der Waals surface area contributed by atoms with Gasteiger partial charge in [0.1, 0.15) is 0 Å². The lowest BCUT2D eigenvalue weighted by atomic mass is 10.1. The minimum absolute atomic E-state index is 0.166. The highest BCUT2D eigenvalue weighted by Gasteiger charge is 2.10. The summed E-state index contributed by atoms with van der Waals surface area (Å²) < 4.78 is 33.9. The molecule has 0 saturated carbocycles. The van der Waals surface area contributed by atoms with Gasteiger partial charge in [-0.25, -0.2) is 4.79 Å². The first kappa shape index (κ1) is 3.53. The van der Waals surface area contributed by atoms with E-state index in [1.807, 2.05) is 0 Å². The van der Waals surface area contributed by atoms with Crippen LogP contribution in [0.2, 0.25) is 0 Å². The number of rotatable bonds is 1. The third-order valence-corrected chi connectivity index (χ3v) is 1.07. The first-order valence-corrected chi connectivity index (χ1v) is 2.85. The van der Waals surface area contributed by atoms with Gasteiger partial charge in [-0.05, 0) is 12.9 Å². The van der Waals surface area contributed by atoms with Crippen molar-refractivity contribution in [3.63, 3.8) is 0 Å². The highest BCUT2D eigenvalue weighted by atomic mass is 16.5. The highest BCUT2D eigenvalue weighted by Crippen LogP contribution is 2.01. The van der Waals surface area contributed by atoms with E-state index in [0.717, 1.165) is 13.2 Å². The summed E-state index contributed by atoms with van der Waals surface area (Å²) in [7, 11) is 1.13. The lowest BCUT2D eigenvalue weighted by Crippen LogP contribution is -2.26. The summed E-state index contributed by atoms with van der Waals surface area (Å²) in [5.74, 6) is -0.855. The van der Waals surface area contributed by atoms with Crippen LogP contribution in [-0.2, 0) is 9.53 Å². The molecule has 0 saturated heterocycles. The van der Waals surface area contributed by atoms with E-state index >= 15 is 0 Å². The highest BCUT2D eigenvalue weighted by molar-refractivity contribution is 5.88. The van der Waals surface area contributed by atoms with Crippen molar-refractivity contribution in [1.29, 1.82) is 0 Å². The van der Waals surface area contributed by atoms with Crippen LogP contribution in [0.4, 0.5) is 0 Å². The second kappa shape index (κ2) is 3.37. The monoisotopic (exact) mass is 145 g/mol. The average Bonchev–Trinajstić information content (AvgIpc) is 2.09. The van der Waals surface area contributed by atoms with Gasteiger partial charge in [0.15, 0.2) is 0 Å². The van der Waals surface area contributed by atoms with Gasteiger partial charge in [0.2, 0.25) is 0 Å². The summed E-state index contributed by atoms with van der Waals surface area (Å²) in [5, 5.41) is 2.30. The van der Waals surface area contributed by atoms with Crippen molar-refractivity contribution in [3.05, 3.63) is 11.6 Å². The summed E-state index contributed by atoms with van der Waals surface area (Å²) in [6, 6.07) is 0. The molecular weight excluding hydrogens is 130 g/mol. The van der Waals surface area contributed by atoms with Crippen LogP contribution in [0.15, 0.2) is 11.6 Å². The van der Waals surface area contributed by atoms with E-state index < -0.39 is 18.8 Å². The van der Waals surface area contributed by atoms with E-state index in [-0.39, 0.29) is 12.1 Å². The van der Waals surface area contributed by atoms with Gasteiger partial charge in [-0.2, -0.15) is 0 Å². The molecule has 1 rings (SSSR count). The van der Waals surface area contributed by atoms with Gasteiger partial charge < -0.3 is 10.1 Å². The van der Waals surface area contributed by atoms with Crippen molar-refractivity contribution in [2.45, 2.75) is 6.37 Å². The van der Waals surface area contributed by atoms with Crippen LogP contribution in [0.3, 0.4) is 0 Å². The molecule has 0 amide bonds. The van der Waals surface area contributed by atoms with Crippen LogP contribution >= 0.6 is 0 Å². The normalized spacial score (nSPS) is 33.9. The molecule has 0 radical (unpaired) electrons. The van der Waals surface area contributed by atoms with E-state index in [2.05, 4.69) is 10.1 Å². The number of esters is 1. The Balaban J connectivity index is 3.06. The Hall–Kier alpha value is -0.830. The Labute approximate surface area is 65.7 Å². The Kier molecular flexibility index (Phi) is 1.19. The Morgan fingerprint density at radius 1 is 2.00 bits per heavy atom. The fourth-order valence-corrected chi connectivity index (χ4v) is 0.600. The second-order valence-electron chi connectivity index (χ2n) is 1.73. The van der Waals surface area contributed by atoms with Crippen LogP contribution in [-0.4, -0.2) is 26.1 Å². The number of ether oxygens (including phenoxy) is 1. The van der Waals surface area contributed by atoms with Crippen molar-refractivity contribution in [2.24, 2.45) is 0 Å². The number of hydrogen-bond acceptors (Lipinski definition) is 3. The summed E-state index contributed by atoms with van der Waals surface area (Å²) in [5.41, 5.74) is -0.323. The lowest BCUT2D eigenvalue weighted by molar-refractivity contribution is -0.136. The molecule has 0 aromatic rings. The van der Waals surface area contributed by atoms with E-state index in [0.29, 0.717) is 0 Å². The van der Waals surface area contributed by atoms with Gasteiger partial charge in [-0.1, -0.05) is 6.08 Å². The number of carbonyl (C=O) groups is 1. The third kappa shape index (κ3) is 1.57. The maximum absolute atomic E-state index is 11.1. The minimum atomic E-state index is -2.03. The molecule has 0 unspecified atom stereocenters. The smallest absolute Gasteiger partial charge is 0.334 e. The van der Waals surface area contributed by atoms with Crippen LogP contribution in [0.5, 0.6) is 0 Å². The van der Waals surface area contributed by atoms with Crippen molar-refractivity contribution >= 4 is 5.97 Å². The van der Waals surface area contributed by atoms with Gasteiger partial charge >= 0.3 is 5.97 Å². The van der Waals surface area contributed by atoms with Gasteiger partial charge in [0.05, 0.1) is 7.11 Å². The maximum Gasteiger partial charge on any atom is 0.334 e. The maximum atomic E-state index is 11.1. The van der Waals surface area contributed by atoms with E-state index in [1.54, 1.807) is 0 Å². The summed E-state index contributed by atoms with van der Waals surface area (Å²) in [4.78, 5) is 11.1. The van der Waals surface area contributed by atoms with Crippen LogP contribution < -0.4 is 5.32 Å². The van der Waals surface area contributed by atoms with Crippen molar-refractivity contribution in [2.75, 3.05) is 20.2 Å². The predicted octanol–water partition coefficient (Wildman–Crippen LogP) is 0.0791. The zero-order chi connectivity index (χ0) is 11.0.